The molecule has 0 aliphatic carbocycles. The molecule has 0 radical (unpaired) electrons. The molecule has 0 aromatic heterocycles. The molecule has 126 valence electrons. The quantitative estimate of drug-likeness (QED) is 0.931. The zero-order chi connectivity index (χ0) is 16.4. The molecule has 2 fully saturated rings. The predicted molar refractivity (Wildman–Crippen MR) is 91.8 cm³/mol. The second-order valence-electron chi connectivity index (χ2n) is 7.15. The molecule has 4 nitrogen and oxygen atoms in total. The SMILES string of the molecule is Cc1cc(C)c(OCC(=O)N2CC[C@@H]3CNC[C@@H]3CC2)c(C)c1. The second kappa shape index (κ2) is 6.91. The third kappa shape index (κ3) is 3.69. The van der Waals surface area contributed by atoms with Gasteiger partial charge in [0.2, 0.25) is 0 Å². The van der Waals surface area contributed by atoms with Crippen LogP contribution < -0.4 is 10.1 Å². The first-order valence-electron chi connectivity index (χ1n) is 8.73. The molecule has 4 heteroatoms. The molecule has 0 bridgehead atoms. The minimum Gasteiger partial charge on any atom is -0.483 e. The predicted octanol–water partition coefficient (Wildman–Crippen LogP) is 2.45. The lowest BCUT2D eigenvalue weighted by Gasteiger charge is -2.22. The van der Waals surface area contributed by atoms with E-state index in [4.69, 9.17) is 4.74 Å². The number of amides is 1. The summed E-state index contributed by atoms with van der Waals surface area (Å²) in [5.41, 5.74) is 3.44. The number of likely N-dealkylation sites (tertiary alicyclic amines) is 1. The molecule has 2 atom stereocenters. The van der Waals surface area contributed by atoms with Crippen LogP contribution >= 0.6 is 0 Å². The summed E-state index contributed by atoms with van der Waals surface area (Å²) in [6, 6.07) is 4.21. The Morgan fingerprint density at radius 2 is 1.70 bits per heavy atom. The summed E-state index contributed by atoms with van der Waals surface area (Å²) in [6.07, 6.45) is 2.23. The molecule has 1 N–H and O–H groups in total. The van der Waals surface area contributed by atoms with Gasteiger partial charge < -0.3 is 15.0 Å². The third-order valence-corrected chi connectivity index (χ3v) is 5.32. The monoisotopic (exact) mass is 316 g/mol. The number of nitrogens with one attached hydrogen (secondary N) is 1. The standard InChI is InChI=1S/C19H28N2O2/c1-13-8-14(2)19(15(3)9-13)23-12-18(22)21-6-4-16-10-20-11-17(16)5-7-21/h8-9,16-17,20H,4-7,10-12H2,1-3H3/t16-,17+. The molecular formula is C19H28N2O2. The highest BCUT2D eigenvalue weighted by Crippen LogP contribution is 2.28. The fourth-order valence-corrected chi connectivity index (χ4v) is 4.09. The van der Waals surface area contributed by atoms with E-state index >= 15 is 0 Å². The number of ether oxygens (including phenoxy) is 1. The lowest BCUT2D eigenvalue weighted by molar-refractivity contribution is -0.133. The number of fused-ring (bicyclic) bond motifs is 1. The highest BCUT2D eigenvalue weighted by molar-refractivity contribution is 5.78. The van der Waals surface area contributed by atoms with Gasteiger partial charge in [0.25, 0.3) is 5.91 Å². The van der Waals surface area contributed by atoms with Crippen molar-refractivity contribution in [3.8, 4) is 5.75 Å². The zero-order valence-electron chi connectivity index (χ0n) is 14.5. The second-order valence-corrected chi connectivity index (χ2v) is 7.15. The molecule has 0 unspecified atom stereocenters. The smallest absolute Gasteiger partial charge is 0.260 e. The van der Waals surface area contributed by atoms with Gasteiger partial charge in [0, 0.05) is 13.1 Å². The van der Waals surface area contributed by atoms with Gasteiger partial charge in [0.15, 0.2) is 6.61 Å². The van der Waals surface area contributed by atoms with E-state index in [1.54, 1.807) is 0 Å². The van der Waals surface area contributed by atoms with Crippen LogP contribution in [0.25, 0.3) is 0 Å². The first kappa shape index (κ1) is 16.3. The van der Waals surface area contributed by atoms with Crippen LogP contribution in [0.4, 0.5) is 0 Å². The van der Waals surface area contributed by atoms with Crippen molar-refractivity contribution in [2.75, 3.05) is 32.8 Å². The highest BCUT2D eigenvalue weighted by atomic mass is 16.5. The number of rotatable bonds is 3. The van der Waals surface area contributed by atoms with Gasteiger partial charge in [0.1, 0.15) is 5.75 Å². The summed E-state index contributed by atoms with van der Waals surface area (Å²) in [6.45, 7) is 10.3. The summed E-state index contributed by atoms with van der Waals surface area (Å²) >= 11 is 0. The van der Waals surface area contributed by atoms with Crippen molar-refractivity contribution in [3.63, 3.8) is 0 Å². The molecule has 2 aliphatic heterocycles. The largest absolute Gasteiger partial charge is 0.483 e. The van der Waals surface area contributed by atoms with E-state index in [-0.39, 0.29) is 12.5 Å². The summed E-state index contributed by atoms with van der Waals surface area (Å²) in [5, 5.41) is 3.47. The molecule has 0 spiro atoms. The van der Waals surface area contributed by atoms with Crippen LogP contribution in [0.1, 0.15) is 29.5 Å². The summed E-state index contributed by atoms with van der Waals surface area (Å²) in [5.74, 6) is 2.47. The fraction of sp³-hybridized carbons (Fsp3) is 0.632. The van der Waals surface area contributed by atoms with Gasteiger partial charge in [0.05, 0.1) is 0 Å². The Morgan fingerprint density at radius 1 is 1.13 bits per heavy atom. The number of hydrogen-bond donors (Lipinski definition) is 1. The number of aryl methyl sites for hydroxylation is 3. The van der Waals surface area contributed by atoms with E-state index in [2.05, 4.69) is 24.4 Å². The maximum absolute atomic E-state index is 12.5. The van der Waals surface area contributed by atoms with E-state index in [9.17, 15) is 4.79 Å². The van der Waals surface area contributed by atoms with Gasteiger partial charge in [-0.3, -0.25) is 4.79 Å². The Hall–Kier alpha value is -1.55. The van der Waals surface area contributed by atoms with Crippen molar-refractivity contribution in [1.82, 2.24) is 10.2 Å². The third-order valence-electron chi connectivity index (χ3n) is 5.32. The minimum absolute atomic E-state index is 0.123. The first-order chi connectivity index (χ1) is 11.0. The van der Waals surface area contributed by atoms with Crippen LogP contribution in [0.5, 0.6) is 5.75 Å². The average Bonchev–Trinajstić information content (AvgIpc) is 2.84. The van der Waals surface area contributed by atoms with Gasteiger partial charge >= 0.3 is 0 Å². The van der Waals surface area contributed by atoms with E-state index < -0.39 is 0 Å². The van der Waals surface area contributed by atoms with Gasteiger partial charge in [-0.15, -0.1) is 0 Å². The fourth-order valence-electron chi connectivity index (χ4n) is 4.09. The molecule has 0 saturated carbocycles. The van der Waals surface area contributed by atoms with Gasteiger partial charge in [-0.05, 0) is 69.7 Å². The Kier molecular flexibility index (Phi) is 4.90. The number of carbonyl (C=O) groups excluding carboxylic acids is 1. The molecule has 23 heavy (non-hydrogen) atoms. The summed E-state index contributed by atoms with van der Waals surface area (Å²) in [4.78, 5) is 14.5. The maximum Gasteiger partial charge on any atom is 0.260 e. The van der Waals surface area contributed by atoms with E-state index in [0.717, 1.165) is 67.7 Å². The van der Waals surface area contributed by atoms with Gasteiger partial charge in [-0.25, -0.2) is 0 Å². The van der Waals surface area contributed by atoms with Crippen molar-refractivity contribution in [2.24, 2.45) is 11.8 Å². The van der Waals surface area contributed by atoms with Crippen molar-refractivity contribution in [1.29, 1.82) is 0 Å². The van der Waals surface area contributed by atoms with Crippen molar-refractivity contribution in [3.05, 3.63) is 28.8 Å². The maximum atomic E-state index is 12.5. The molecule has 2 heterocycles. The number of benzene rings is 1. The van der Waals surface area contributed by atoms with E-state index in [0.29, 0.717) is 0 Å². The Morgan fingerprint density at radius 3 is 2.26 bits per heavy atom. The lowest BCUT2D eigenvalue weighted by Crippen LogP contribution is -2.36. The van der Waals surface area contributed by atoms with E-state index in [1.807, 2.05) is 18.7 Å². The van der Waals surface area contributed by atoms with Crippen molar-refractivity contribution in [2.45, 2.75) is 33.6 Å². The molecular weight excluding hydrogens is 288 g/mol. The Balaban J connectivity index is 1.57. The summed E-state index contributed by atoms with van der Waals surface area (Å²) < 4.78 is 5.87. The molecule has 1 amide bonds. The molecule has 2 aliphatic rings. The van der Waals surface area contributed by atoms with Crippen LogP contribution in [0.15, 0.2) is 12.1 Å². The van der Waals surface area contributed by atoms with Crippen LogP contribution in [0, 0.1) is 32.6 Å². The lowest BCUT2D eigenvalue weighted by atomic mass is 9.92. The van der Waals surface area contributed by atoms with Crippen LogP contribution in [-0.2, 0) is 4.79 Å². The van der Waals surface area contributed by atoms with Crippen molar-refractivity contribution >= 4 is 5.91 Å². The molecule has 1 aromatic rings. The van der Waals surface area contributed by atoms with E-state index in [1.165, 1.54) is 5.56 Å². The average molecular weight is 316 g/mol. The minimum atomic E-state index is 0.123. The first-order valence-corrected chi connectivity index (χ1v) is 8.73. The molecule has 3 rings (SSSR count). The Labute approximate surface area is 139 Å². The number of hydrogen-bond acceptors (Lipinski definition) is 3. The van der Waals surface area contributed by atoms with Crippen LogP contribution in [-0.4, -0.2) is 43.6 Å². The molecule has 1 aromatic carbocycles. The Bertz CT molecular complexity index is 548. The van der Waals surface area contributed by atoms with Crippen LogP contribution in [0.3, 0.4) is 0 Å². The summed E-state index contributed by atoms with van der Waals surface area (Å²) in [7, 11) is 0. The topological polar surface area (TPSA) is 41.6 Å². The van der Waals surface area contributed by atoms with Gasteiger partial charge in [-0.2, -0.15) is 0 Å². The zero-order valence-corrected chi connectivity index (χ0v) is 14.5. The number of carbonyl (C=O) groups is 1. The molecule has 2 saturated heterocycles. The number of nitrogens with zero attached hydrogens (tertiary/aromatic N) is 1. The van der Waals surface area contributed by atoms with Crippen LogP contribution in [0.2, 0.25) is 0 Å². The normalized spacial score (nSPS) is 24.2. The van der Waals surface area contributed by atoms with Gasteiger partial charge in [-0.1, -0.05) is 17.7 Å². The highest BCUT2D eigenvalue weighted by Gasteiger charge is 2.31. The van der Waals surface area contributed by atoms with Crippen molar-refractivity contribution < 1.29 is 9.53 Å².